The number of amides is 2. The minimum absolute atomic E-state index is 0.000191. The third kappa shape index (κ3) is 18.8. The number of benzene rings is 1. The highest BCUT2D eigenvalue weighted by Gasteiger charge is 2.53. The summed E-state index contributed by atoms with van der Waals surface area (Å²) in [6.07, 6.45) is 9.94. The maximum Gasteiger partial charge on any atom is 0.467 e. The van der Waals surface area contributed by atoms with Crippen LogP contribution in [0.15, 0.2) is 77.9 Å². The molecule has 3 N–H and O–H groups in total. The number of methoxy groups -OCH3 is 3. The molecular weight excluding hydrogens is 1030 g/mol. The Morgan fingerprint density at radius 3 is 2.31 bits per heavy atom. The van der Waals surface area contributed by atoms with Crippen molar-refractivity contribution in [2.24, 2.45) is 35.5 Å². The fourth-order valence-electron chi connectivity index (χ4n) is 11.7. The van der Waals surface area contributed by atoms with Gasteiger partial charge in [0.05, 0.1) is 31.0 Å². The van der Waals surface area contributed by atoms with E-state index in [0.29, 0.717) is 69.8 Å². The Kier molecular flexibility index (Phi) is 26.4. The second-order valence-electron chi connectivity index (χ2n) is 22.9. The van der Waals surface area contributed by atoms with Gasteiger partial charge in [0.25, 0.3) is 11.7 Å². The number of hydrogen-bond acceptors (Lipinski definition) is 15. The number of piperidine rings is 1. The van der Waals surface area contributed by atoms with Gasteiger partial charge in [-0.3, -0.25) is 19.2 Å². The van der Waals surface area contributed by atoms with Crippen molar-refractivity contribution in [3.8, 4) is 0 Å². The Morgan fingerprint density at radius 2 is 1.61 bits per heavy atom. The first-order chi connectivity index (χ1) is 38.1. The van der Waals surface area contributed by atoms with Gasteiger partial charge >= 0.3 is 19.2 Å². The lowest BCUT2D eigenvalue weighted by Crippen LogP contribution is -2.61. The van der Waals surface area contributed by atoms with E-state index >= 15 is 0 Å². The van der Waals surface area contributed by atoms with Crippen LogP contribution < -0.4 is 5.23 Å². The van der Waals surface area contributed by atoms with Crippen LogP contribution in [0, 0.1) is 35.5 Å². The summed E-state index contributed by atoms with van der Waals surface area (Å²) in [6, 6.07) is 7.75. The summed E-state index contributed by atoms with van der Waals surface area (Å²) in [5.41, 5.74) is 1.95. The molecule has 1 unspecified atom stereocenters. The lowest BCUT2D eigenvalue weighted by atomic mass is 9.78. The number of hydrogen-bond donors (Lipinski definition) is 3. The fraction of sp³-hybridized carbons (Fsp3) is 0.672. The zero-order chi connectivity index (χ0) is 58.7. The quantitative estimate of drug-likeness (QED) is 0.0557. The van der Waals surface area contributed by atoms with Gasteiger partial charge in [-0.15, -0.1) is 0 Å². The number of allylic oxidation sites excluding steroid dienone is 6. The molecule has 444 valence electrons. The van der Waals surface area contributed by atoms with Gasteiger partial charge in [0.1, 0.15) is 36.7 Å². The lowest BCUT2D eigenvalue weighted by Gasteiger charge is -2.42. The molecule has 1 saturated carbocycles. The zero-order valence-electron chi connectivity index (χ0n) is 48.9. The van der Waals surface area contributed by atoms with Gasteiger partial charge < -0.3 is 57.8 Å². The predicted octanol–water partition coefficient (Wildman–Crippen LogP) is 8.17. The SMILES string of the molecule is CO[C@H]1C[C@@H]2CC[C@@H](C)[C@@](O)(O2)C(=O)C(=O)N2CCCC[C@H]2C(=O)O[C@H]([C@H](C)C[C@@H]2CCC(OCCOC(=O)NB(F)Cc3ccccc3)[C@H](OC)C2)CC(=O)[C@H](C)/C=C(\C)[C@@H](O)[C@@H](OC)C(=O)[C@H](C)C[C@H](C)/C=C/C=C/C=C/1C. The van der Waals surface area contributed by atoms with E-state index in [1.54, 1.807) is 72.3 Å². The minimum Gasteiger partial charge on any atom is -0.460 e. The van der Waals surface area contributed by atoms with Crippen molar-refractivity contribution in [3.63, 3.8) is 0 Å². The summed E-state index contributed by atoms with van der Waals surface area (Å²) in [5, 5.41) is 25.8. The number of nitrogens with zero attached hydrogens (tertiary/aromatic N) is 1. The average molecular weight is 1120 g/mol. The molecule has 3 fully saturated rings. The first-order valence-corrected chi connectivity index (χ1v) is 28.8. The van der Waals surface area contributed by atoms with Crippen LogP contribution in [0.4, 0.5) is 9.11 Å². The van der Waals surface area contributed by atoms with Gasteiger partial charge in [-0.05, 0) is 107 Å². The zero-order valence-corrected chi connectivity index (χ0v) is 48.9. The molecule has 1 aromatic carbocycles. The second-order valence-corrected chi connectivity index (χ2v) is 22.9. The molecule has 0 aromatic heterocycles. The van der Waals surface area contributed by atoms with Crippen LogP contribution in [-0.4, -0.2) is 153 Å². The number of carbonyl (C=O) groups is 6. The topological polar surface area (TPSA) is 223 Å². The van der Waals surface area contributed by atoms with Crippen molar-refractivity contribution < 1.29 is 76.5 Å². The molecule has 5 rings (SSSR count). The van der Waals surface area contributed by atoms with E-state index < -0.39 is 96.9 Å². The molecule has 1 aliphatic carbocycles. The standard InChI is InChI=1S/C61H90BFN2O15/c1-38-19-13-11-14-20-39(2)51(74-8)35-47-26-24-44(7)61(73,80-47)57(69)58(70)65-28-18-17-23-48(65)59(71)79-52(36-49(66)40(3)32-43(6)55(68)56(76-10)54(67)42(5)31-38)41(4)33-46-25-27-50(53(34-46)75-9)77-29-30-78-60(72)64-62(63)37-45-21-15-12-16-22-45/h11-16,19-22,32,38,40-42,44,46-48,50-53,55-56,68,73H,17-18,23-31,33-37H2,1-10H3,(H,64,72)/b14-11+,19-13+,39-20+,43-32+/t38-,40-,41-,42-,44-,46+,47+,48+,50?,51+,52+,53-,55-,56+,61-/m1/s1. The highest BCUT2D eigenvalue weighted by atomic mass is 19.1. The molecule has 4 aliphatic rings. The number of cyclic esters (lactones) is 1. The number of rotatable bonds is 13. The summed E-state index contributed by atoms with van der Waals surface area (Å²) >= 11 is 0. The van der Waals surface area contributed by atoms with E-state index in [1.807, 2.05) is 57.2 Å². The fourth-order valence-corrected chi connectivity index (χ4v) is 11.7. The molecule has 3 aliphatic heterocycles. The predicted molar refractivity (Wildman–Crippen MR) is 300 cm³/mol. The number of ketones is 3. The van der Waals surface area contributed by atoms with Gasteiger partial charge in [-0.1, -0.05) is 107 Å². The van der Waals surface area contributed by atoms with Crippen LogP contribution >= 0.6 is 0 Å². The van der Waals surface area contributed by atoms with Crippen molar-refractivity contribution in [2.45, 2.75) is 186 Å². The number of aliphatic hydroxyl groups is 2. The third-order valence-electron chi connectivity index (χ3n) is 16.6. The Labute approximate surface area is 473 Å². The van der Waals surface area contributed by atoms with Gasteiger partial charge in [-0.25, -0.2) is 9.59 Å². The first-order valence-electron chi connectivity index (χ1n) is 28.8. The number of esters is 1. The van der Waals surface area contributed by atoms with Gasteiger partial charge in [0.15, 0.2) is 5.78 Å². The number of Topliss-reactive ketones (excluding diaryl/α,β-unsaturated/α-hetero) is 3. The largest absolute Gasteiger partial charge is 0.467 e. The highest BCUT2D eigenvalue weighted by molar-refractivity contribution is 6.50. The highest BCUT2D eigenvalue weighted by Crippen LogP contribution is 2.38. The average Bonchev–Trinajstić information content (AvgIpc) is 3.54. The van der Waals surface area contributed by atoms with Crippen LogP contribution in [-0.2, 0) is 63.5 Å². The number of ether oxygens (including phenoxy) is 7. The normalized spacial score (nSPS) is 34.8. The molecule has 15 atom stereocenters. The van der Waals surface area contributed by atoms with Gasteiger partial charge in [0, 0.05) is 64.8 Å². The third-order valence-corrected chi connectivity index (χ3v) is 16.6. The van der Waals surface area contributed by atoms with E-state index in [9.17, 15) is 43.3 Å². The monoisotopic (exact) mass is 1120 g/mol. The summed E-state index contributed by atoms with van der Waals surface area (Å²) in [6.45, 7) is 12.6. The Bertz CT molecular complexity index is 2330. The van der Waals surface area contributed by atoms with E-state index in [4.69, 9.17) is 33.2 Å². The van der Waals surface area contributed by atoms with Crippen molar-refractivity contribution in [3.05, 3.63) is 83.5 Å². The second kappa shape index (κ2) is 32.1. The molecule has 2 saturated heterocycles. The number of carbonyl (C=O) groups excluding carboxylic acids is 6. The van der Waals surface area contributed by atoms with E-state index in [2.05, 4.69) is 5.23 Å². The van der Waals surface area contributed by atoms with E-state index in [-0.39, 0.29) is 74.5 Å². The van der Waals surface area contributed by atoms with E-state index in [1.165, 1.54) is 12.0 Å². The molecule has 1 aromatic rings. The van der Waals surface area contributed by atoms with Crippen LogP contribution in [0.2, 0.25) is 0 Å². The summed E-state index contributed by atoms with van der Waals surface area (Å²) in [7, 11) is 2.89. The molecule has 2 amide bonds. The molecule has 0 spiro atoms. The molecule has 17 nitrogen and oxygen atoms in total. The summed E-state index contributed by atoms with van der Waals surface area (Å²) < 4.78 is 55.7. The molecule has 80 heavy (non-hydrogen) atoms. The number of aliphatic hydroxyl groups excluding tert-OH is 1. The molecule has 3 heterocycles. The smallest absolute Gasteiger partial charge is 0.460 e. The van der Waals surface area contributed by atoms with Crippen LogP contribution in [0.1, 0.15) is 131 Å². The summed E-state index contributed by atoms with van der Waals surface area (Å²) in [4.78, 5) is 85.1. The molecule has 19 heteroatoms. The van der Waals surface area contributed by atoms with Crippen molar-refractivity contribution in [1.82, 2.24) is 10.1 Å². The van der Waals surface area contributed by atoms with Crippen LogP contribution in [0.5, 0.6) is 0 Å². The summed E-state index contributed by atoms with van der Waals surface area (Å²) in [5.74, 6) is -8.43. The van der Waals surface area contributed by atoms with Crippen molar-refractivity contribution in [1.29, 1.82) is 0 Å². The Balaban J connectivity index is 1.36. The maximum absolute atomic E-state index is 14.6. The first kappa shape index (κ1) is 65.9. The maximum atomic E-state index is 14.6. The van der Waals surface area contributed by atoms with Crippen molar-refractivity contribution in [2.75, 3.05) is 41.1 Å². The van der Waals surface area contributed by atoms with Gasteiger partial charge in [-0.2, -0.15) is 0 Å². The van der Waals surface area contributed by atoms with Crippen LogP contribution in [0.25, 0.3) is 0 Å². The molecule has 0 radical (unpaired) electrons. The number of halogens is 1. The van der Waals surface area contributed by atoms with E-state index in [0.717, 1.165) is 11.1 Å². The molecular formula is C61H90BFN2O15. The molecule has 2 bridgehead atoms. The Hall–Kier alpha value is -4.89. The number of fused-ring (bicyclic) bond motifs is 3. The Morgan fingerprint density at radius 1 is 0.875 bits per heavy atom. The minimum atomic E-state index is -2.47. The number of nitrogens with one attached hydrogen (secondary N) is 1. The van der Waals surface area contributed by atoms with Crippen molar-refractivity contribution >= 4 is 42.4 Å². The van der Waals surface area contributed by atoms with Gasteiger partial charge in [0.2, 0.25) is 5.79 Å². The van der Waals surface area contributed by atoms with Crippen LogP contribution in [0.3, 0.4) is 0 Å². The lowest BCUT2D eigenvalue weighted by molar-refractivity contribution is -0.265.